The maximum atomic E-state index is 14.2. The number of rotatable bonds is 3. The van der Waals surface area contributed by atoms with E-state index in [0.717, 1.165) is 39.0 Å². The highest BCUT2D eigenvalue weighted by atomic mass is 19.1. The van der Waals surface area contributed by atoms with Crippen LogP contribution in [0.4, 0.5) is 15.8 Å². The number of halogens is 1. The molecule has 1 aromatic carbocycles. The van der Waals surface area contributed by atoms with Crippen LogP contribution in [0.2, 0.25) is 0 Å². The van der Waals surface area contributed by atoms with Crippen molar-refractivity contribution in [2.24, 2.45) is 5.92 Å². The molecule has 2 aliphatic rings. The van der Waals surface area contributed by atoms with Gasteiger partial charge in [0.25, 0.3) is 0 Å². The average Bonchev–Trinajstić information content (AvgIpc) is 3.25. The number of amides is 1. The number of hydrogen-bond acceptors (Lipinski definition) is 2. The maximum absolute atomic E-state index is 14.2. The van der Waals surface area contributed by atoms with Crippen LogP contribution in [-0.4, -0.2) is 39.1 Å². The van der Waals surface area contributed by atoms with Crippen molar-refractivity contribution >= 4 is 17.3 Å². The fraction of sp³-hybridized carbons (Fsp3) is 0.533. The normalized spacial score (nSPS) is 20.0. The number of carbonyl (C=O) groups is 1. The molecule has 0 spiro atoms. The summed E-state index contributed by atoms with van der Waals surface area (Å²) >= 11 is 0. The van der Waals surface area contributed by atoms with E-state index in [1.54, 1.807) is 12.1 Å². The van der Waals surface area contributed by atoms with E-state index in [0.29, 0.717) is 11.4 Å². The minimum absolute atomic E-state index is 0.0142. The van der Waals surface area contributed by atoms with E-state index in [1.165, 1.54) is 11.0 Å². The maximum Gasteiger partial charge on any atom is 0.227 e. The van der Waals surface area contributed by atoms with Gasteiger partial charge in [-0.3, -0.25) is 4.79 Å². The van der Waals surface area contributed by atoms with Crippen LogP contribution in [-0.2, 0) is 4.79 Å². The molecule has 0 unspecified atom stereocenters. The Kier molecular flexibility index (Phi) is 3.61. The Balaban J connectivity index is 1.68. The van der Waals surface area contributed by atoms with Gasteiger partial charge >= 0.3 is 0 Å². The van der Waals surface area contributed by atoms with Crippen LogP contribution < -0.4 is 15.1 Å². The summed E-state index contributed by atoms with van der Waals surface area (Å²) in [4.78, 5) is 15.2. The van der Waals surface area contributed by atoms with Gasteiger partial charge in [0.1, 0.15) is 5.82 Å². The quantitative estimate of drug-likeness (QED) is 0.845. The number of quaternary nitrogens is 1. The van der Waals surface area contributed by atoms with Crippen LogP contribution in [0.5, 0.6) is 0 Å². The molecule has 1 saturated heterocycles. The molecule has 0 radical (unpaired) electrons. The lowest BCUT2D eigenvalue weighted by Gasteiger charge is -2.32. The van der Waals surface area contributed by atoms with Gasteiger partial charge in [0.05, 0.1) is 38.9 Å². The lowest BCUT2D eigenvalue weighted by atomic mass is 10.2. The summed E-state index contributed by atoms with van der Waals surface area (Å²) in [5.41, 5.74) is 1.20. The first-order valence-electron chi connectivity index (χ1n) is 7.30. The van der Waals surface area contributed by atoms with Crippen molar-refractivity contribution < 1.29 is 14.1 Å². The third-order valence-electron chi connectivity index (χ3n) is 4.12. The minimum Gasteiger partial charge on any atom is -0.358 e. The first-order valence-corrected chi connectivity index (χ1v) is 7.30. The molecule has 1 aliphatic carbocycles. The molecule has 108 valence electrons. The van der Waals surface area contributed by atoms with Gasteiger partial charge in [0.15, 0.2) is 0 Å². The van der Waals surface area contributed by atoms with E-state index >= 15 is 0 Å². The van der Waals surface area contributed by atoms with E-state index < -0.39 is 0 Å². The van der Waals surface area contributed by atoms with Gasteiger partial charge in [-0.1, -0.05) is 0 Å². The Morgan fingerprint density at radius 2 is 2.05 bits per heavy atom. The predicted molar refractivity (Wildman–Crippen MR) is 76.6 cm³/mol. The van der Waals surface area contributed by atoms with Crippen molar-refractivity contribution in [1.29, 1.82) is 0 Å². The van der Waals surface area contributed by atoms with Crippen LogP contribution in [0.1, 0.15) is 12.8 Å². The second kappa shape index (κ2) is 5.40. The zero-order valence-corrected chi connectivity index (χ0v) is 11.8. The molecule has 1 aromatic rings. The Hall–Kier alpha value is -1.62. The number of hydrogen-bond donors (Lipinski definition) is 2. The van der Waals surface area contributed by atoms with Crippen molar-refractivity contribution in [3.8, 4) is 0 Å². The smallest absolute Gasteiger partial charge is 0.227 e. The highest BCUT2D eigenvalue weighted by Gasteiger charge is 2.29. The number of nitrogens with one attached hydrogen (secondary N) is 2. The largest absolute Gasteiger partial charge is 0.358 e. The first kappa shape index (κ1) is 13.4. The van der Waals surface area contributed by atoms with Crippen molar-refractivity contribution in [2.75, 3.05) is 43.4 Å². The van der Waals surface area contributed by atoms with Gasteiger partial charge in [-0.15, -0.1) is 0 Å². The van der Waals surface area contributed by atoms with Crippen molar-refractivity contribution in [2.45, 2.75) is 12.8 Å². The average molecular weight is 278 g/mol. The Labute approximate surface area is 118 Å². The molecule has 2 fully saturated rings. The number of benzene rings is 1. The van der Waals surface area contributed by atoms with Gasteiger partial charge in [0, 0.05) is 11.6 Å². The Morgan fingerprint density at radius 1 is 1.35 bits per heavy atom. The molecule has 1 aliphatic heterocycles. The third kappa shape index (κ3) is 2.93. The van der Waals surface area contributed by atoms with E-state index in [9.17, 15) is 9.18 Å². The van der Waals surface area contributed by atoms with Gasteiger partial charge < -0.3 is 15.1 Å². The minimum atomic E-state index is -0.252. The number of anilines is 2. The molecule has 4 nitrogen and oxygen atoms in total. The van der Waals surface area contributed by atoms with Crippen LogP contribution in [0, 0.1) is 11.7 Å². The van der Waals surface area contributed by atoms with E-state index in [-0.39, 0.29) is 17.6 Å². The molecule has 2 N–H and O–H groups in total. The van der Waals surface area contributed by atoms with Crippen molar-refractivity contribution in [1.82, 2.24) is 0 Å². The topological polar surface area (TPSA) is 36.8 Å². The summed E-state index contributed by atoms with van der Waals surface area (Å²) in [7, 11) is 2.16. The van der Waals surface area contributed by atoms with Crippen LogP contribution >= 0.6 is 0 Å². The molecule has 20 heavy (non-hydrogen) atoms. The number of carbonyl (C=O) groups excluding carboxylic acids is 1. The second-order valence-electron chi connectivity index (χ2n) is 5.87. The SMILES string of the molecule is C[NH+]1CCN(c2ccc(NC(=O)C3CC3)cc2F)CC1. The molecule has 1 heterocycles. The van der Waals surface area contributed by atoms with Crippen molar-refractivity contribution in [3.05, 3.63) is 24.0 Å². The number of likely N-dealkylation sites (N-methyl/N-ethyl adjacent to an activating group) is 1. The second-order valence-corrected chi connectivity index (χ2v) is 5.87. The van der Waals surface area contributed by atoms with E-state index in [2.05, 4.69) is 17.3 Å². The fourth-order valence-electron chi connectivity index (χ4n) is 2.56. The molecule has 3 rings (SSSR count). The molecule has 0 atom stereocenters. The van der Waals surface area contributed by atoms with E-state index in [1.807, 2.05) is 0 Å². The molecule has 0 bridgehead atoms. The van der Waals surface area contributed by atoms with Gasteiger partial charge in [0.2, 0.25) is 5.91 Å². The van der Waals surface area contributed by atoms with Crippen molar-refractivity contribution in [3.63, 3.8) is 0 Å². The lowest BCUT2D eigenvalue weighted by Crippen LogP contribution is -3.12. The number of nitrogens with zero attached hydrogens (tertiary/aromatic N) is 1. The fourth-order valence-corrected chi connectivity index (χ4v) is 2.56. The summed E-state index contributed by atoms with van der Waals surface area (Å²) in [6.45, 7) is 3.80. The molecule has 0 aromatic heterocycles. The lowest BCUT2D eigenvalue weighted by molar-refractivity contribution is -0.880. The van der Waals surface area contributed by atoms with Crippen LogP contribution in [0.25, 0.3) is 0 Å². The monoisotopic (exact) mass is 278 g/mol. The summed E-state index contributed by atoms with van der Waals surface area (Å²) in [5, 5.41) is 2.78. The first-order chi connectivity index (χ1) is 9.63. The summed E-state index contributed by atoms with van der Waals surface area (Å²) in [6.07, 6.45) is 1.91. The molecule has 1 amide bonds. The zero-order chi connectivity index (χ0) is 14.1. The molecule has 1 saturated carbocycles. The summed E-state index contributed by atoms with van der Waals surface area (Å²) in [6, 6.07) is 5.00. The summed E-state index contributed by atoms with van der Waals surface area (Å²) < 4.78 is 14.2. The highest BCUT2D eigenvalue weighted by Crippen LogP contribution is 2.31. The van der Waals surface area contributed by atoms with Gasteiger partial charge in [-0.25, -0.2) is 4.39 Å². The standard InChI is InChI=1S/C15H20FN3O/c1-18-6-8-19(9-7-18)14-5-4-12(10-13(14)16)17-15(20)11-2-3-11/h4-5,10-11H,2-3,6-9H2,1H3,(H,17,20)/p+1. The number of piperazine rings is 1. The molecular formula is C15H21FN3O+. The van der Waals surface area contributed by atoms with Gasteiger partial charge in [-0.05, 0) is 31.0 Å². The third-order valence-corrected chi connectivity index (χ3v) is 4.12. The Morgan fingerprint density at radius 3 is 2.65 bits per heavy atom. The summed E-state index contributed by atoms with van der Waals surface area (Å²) in [5.74, 6) is -0.100. The van der Waals surface area contributed by atoms with Gasteiger partial charge in [-0.2, -0.15) is 0 Å². The highest BCUT2D eigenvalue weighted by molar-refractivity contribution is 5.94. The van der Waals surface area contributed by atoms with Crippen LogP contribution in [0.15, 0.2) is 18.2 Å². The van der Waals surface area contributed by atoms with Crippen LogP contribution in [0.3, 0.4) is 0 Å². The predicted octanol–water partition coefficient (Wildman–Crippen LogP) is 0.509. The van der Waals surface area contributed by atoms with E-state index in [4.69, 9.17) is 0 Å². The Bertz CT molecular complexity index is 508. The molecular weight excluding hydrogens is 257 g/mol. The zero-order valence-electron chi connectivity index (χ0n) is 11.8. The molecule has 5 heteroatoms.